The molecule has 1 aliphatic rings. The molecule has 2 rings (SSSR count). The average Bonchev–Trinajstić information content (AvgIpc) is 2.74. The molecule has 3 nitrogen and oxygen atoms in total. The Morgan fingerprint density at radius 2 is 2.19 bits per heavy atom. The van der Waals surface area contributed by atoms with Crippen molar-refractivity contribution in [3.8, 4) is 0 Å². The normalized spacial score (nSPS) is 17.1. The second-order valence-electron chi connectivity index (χ2n) is 4.89. The van der Waals surface area contributed by atoms with Gasteiger partial charge in [0.2, 0.25) is 0 Å². The molecule has 0 spiro atoms. The van der Waals surface area contributed by atoms with Crippen molar-refractivity contribution in [2.75, 3.05) is 19.3 Å². The zero-order valence-electron chi connectivity index (χ0n) is 10.0. The number of hydrogen-bond acceptors (Lipinski definition) is 3. The van der Waals surface area contributed by atoms with Crippen LogP contribution >= 0.6 is 0 Å². The zero-order valence-corrected chi connectivity index (χ0v) is 10.0. The minimum atomic E-state index is 0.667. The van der Waals surface area contributed by atoms with Gasteiger partial charge in [0.25, 0.3) is 0 Å². The van der Waals surface area contributed by atoms with Crippen molar-refractivity contribution in [1.82, 2.24) is 9.88 Å². The Hall–Kier alpha value is -1.09. The summed E-state index contributed by atoms with van der Waals surface area (Å²) in [6.07, 6.45) is 7.36. The standard InChI is InChI=1S/C13H21N3/c1-16(9-11-5-2-3-6-11)10-12-7-4-8-15-13(12)14/h4,7-8,11H,2-3,5-6,9-10H2,1H3,(H2,14,15). The summed E-state index contributed by atoms with van der Waals surface area (Å²) in [6, 6.07) is 4.02. The van der Waals surface area contributed by atoms with Crippen LogP contribution in [0.1, 0.15) is 31.2 Å². The first-order valence-electron chi connectivity index (χ1n) is 6.13. The third-order valence-corrected chi connectivity index (χ3v) is 3.41. The van der Waals surface area contributed by atoms with E-state index in [0.717, 1.165) is 18.0 Å². The molecule has 1 heterocycles. The minimum Gasteiger partial charge on any atom is -0.383 e. The van der Waals surface area contributed by atoms with Gasteiger partial charge in [0, 0.05) is 24.8 Å². The van der Waals surface area contributed by atoms with Gasteiger partial charge >= 0.3 is 0 Å². The molecule has 0 saturated heterocycles. The van der Waals surface area contributed by atoms with Gasteiger partial charge in [0.05, 0.1) is 0 Å². The number of nitrogens with zero attached hydrogens (tertiary/aromatic N) is 2. The molecule has 3 heteroatoms. The Morgan fingerprint density at radius 1 is 1.44 bits per heavy atom. The minimum absolute atomic E-state index is 0.667. The van der Waals surface area contributed by atoms with Crippen molar-refractivity contribution in [1.29, 1.82) is 0 Å². The molecule has 0 aromatic carbocycles. The van der Waals surface area contributed by atoms with Crippen molar-refractivity contribution < 1.29 is 0 Å². The highest BCUT2D eigenvalue weighted by Gasteiger charge is 2.17. The lowest BCUT2D eigenvalue weighted by molar-refractivity contribution is 0.271. The summed E-state index contributed by atoms with van der Waals surface area (Å²) in [7, 11) is 2.17. The van der Waals surface area contributed by atoms with Crippen LogP contribution in [0.15, 0.2) is 18.3 Å². The second kappa shape index (κ2) is 5.30. The molecule has 1 fully saturated rings. The number of nitrogen functional groups attached to an aromatic ring is 1. The van der Waals surface area contributed by atoms with Crippen molar-refractivity contribution in [3.63, 3.8) is 0 Å². The van der Waals surface area contributed by atoms with Gasteiger partial charge in [-0.1, -0.05) is 18.9 Å². The second-order valence-corrected chi connectivity index (χ2v) is 4.89. The Balaban J connectivity index is 1.86. The van der Waals surface area contributed by atoms with Crippen LogP contribution in [0.25, 0.3) is 0 Å². The first-order valence-corrected chi connectivity index (χ1v) is 6.13. The summed E-state index contributed by atoms with van der Waals surface area (Å²) in [5.41, 5.74) is 6.98. The largest absolute Gasteiger partial charge is 0.383 e. The Bertz CT molecular complexity index is 332. The van der Waals surface area contributed by atoms with Crippen LogP contribution in [0.5, 0.6) is 0 Å². The number of aromatic nitrogens is 1. The molecule has 0 atom stereocenters. The monoisotopic (exact) mass is 219 g/mol. The Kier molecular flexibility index (Phi) is 3.78. The first-order chi connectivity index (χ1) is 7.75. The highest BCUT2D eigenvalue weighted by molar-refractivity contribution is 5.38. The third-order valence-electron chi connectivity index (χ3n) is 3.41. The number of pyridine rings is 1. The van der Waals surface area contributed by atoms with Crippen LogP contribution in [-0.2, 0) is 6.54 Å². The summed E-state index contributed by atoms with van der Waals surface area (Å²) in [5.74, 6) is 1.56. The number of anilines is 1. The molecule has 0 bridgehead atoms. The highest BCUT2D eigenvalue weighted by atomic mass is 15.1. The van der Waals surface area contributed by atoms with Gasteiger partial charge < -0.3 is 10.6 Å². The van der Waals surface area contributed by atoms with Crippen molar-refractivity contribution in [2.24, 2.45) is 5.92 Å². The van der Waals surface area contributed by atoms with Gasteiger partial charge in [0.15, 0.2) is 0 Å². The van der Waals surface area contributed by atoms with Gasteiger partial charge in [-0.25, -0.2) is 4.98 Å². The van der Waals surface area contributed by atoms with E-state index in [4.69, 9.17) is 5.73 Å². The summed E-state index contributed by atoms with van der Waals surface area (Å²) >= 11 is 0. The maximum Gasteiger partial charge on any atom is 0.127 e. The molecule has 1 aromatic heterocycles. The fourth-order valence-corrected chi connectivity index (χ4v) is 2.57. The van der Waals surface area contributed by atoms with Crippen molar-refractivity contribution in [3.05, 3.63) is 23.9 Å². The maximum atomic E-state index is 5.84. The van der Waals surface area contributed by atoms with Crippen LogP contribution in [0.4, 0.5) is 5.82 Å². The van der Waals surface area contributed by atoms with E-state index in [-0.39, 0.29) is 0 Å². The number of rotatable bonds is 4. The topological polar surface area (TPSA) is 42.2 Å². The summed E-state index contributed by atoms with van der Waals surface area (Å²) in [6.45, 7) is 2.10. The molecule has 0 amide bonds. The molecule has 0 aliphatic heterocycles. The molecule has 16 heavy (non-hydrogen) atoms. The number of hydrogen-bond donors (Lipinski definition) is 1. The molecule has 0 radical (unpaired) electrons. The van der Waals surface area contributed by atoms with Gasteiger partial charge in [0.1, 0.15) is 5.82 Å². The van der Waals surface area contributed by atoms with Gasteiger partial charge in [-0.05, 0) is 31.9 Å². The maximum absolute atomic E-state index is 5.84. The molecular formula is C13H21N3. The van der Waals surface area contributed by atoms with Crippen LogP contribution in [0.3, 0.4) is 0 Å². The third kappa shape index (κ3) is 2.95. The van der Waals surface area contributed by atoms with E-state index < -0.39 is 0 Å². The smallest absolute Gasteiger partial charge is 0.127 e. The lowest BCUT2D eigenvalue weighted by atomic mass is 10.1. The lowest BCUT2D eigenvalue weighted by Gasteiger charge is -2.21. The Labute approximate surface area is 97.7 Å². The zero-order chi connectivity index (χ0) is 11.4. The molecule has 2 N–H and O–H groups in total. The predicted molar refractivity (Wildman–Crippen MR) is 66.9 cm³/mol. The van der Waals surface area contributed by atoms with Crippen LogP contribution in [0, 0.1) is 5.92 Å². The SMILES string of the molecule is CN(Cc1cccnc1N)CC1CCCC1. The molecule has 1 saturated carbocycles. The average molecular weight is 219 g/mol. The fraction of sp³-hybridized carbons (Fsp3) is 0.615. The van der Waals surface area contributed by atoms with E-state index in [1.807, 2.05) is 6.07 Å². The van der Waals surface area contributed by atoms with E-state index in [1.54, 1.807) is 6.20 Å². The first kappa shape index (κ1) is 11.4. The van der Waals surface area contributed by atoms with E-state index in [9.17, 15) is 0 Å². The van der Waals surface area contributed by atoms with E-state index in [0.29, 0.717) is 5.82 Å². The molecule has 88 valence electrons. The quantitative estimate of drug-likeness (QED) is 0.844. The van der Waals surface area contributed by atoms with E-state index >= 15 is 0 Å². The van der Waals surface area contributed by atoms with Crippen LogP contribution < -0.4 is 5.73 Å². The summed E-state index contributed by atoms with van der Waals surface area (Å²) in [5, 5.41) is 0. The molecule has 1 aliphatic carbocycles. The lowest BCUT2D eigenvalue weighted by Crippen LogP contribution is -2.24. The van der Waals surface area contributed by atoms with Gasteiger partial charge in [-0.2, -0.15) is 0 Å². The van der Waals surface area contributed by atoms with E-state index in [2.05, 4.69) is 23.0 Å². The van der Waals surface area contributed by atoms with Gasteiger partial charge in [-0.3, -0.25) is 0 Å². The number of nitrogens with two attached hydrogens (primary N) is 1. The highest BCUT2D eigenvalue weighted by Crippen LogP contribution is 2.25. The summed E-state index contributed by atoms with van der Waals surface area (Å²) < 4.78 is 0. The molecule has 0 unspecified atom stereocenters. The molecular weight excluding hydrogens is 198 g/mol. The van der Waals surface area contributed by atoms with Crippen LogP contribution in [-0.4, -0.2) is 23.5 Å². The fourth-order valence-electron chi connectivity index (χ4n) is 2.57. The van der Waals surface area contributed by atoms with Gasteiger partial charge in [-0.15, -0.1) is 0 Å². The van der Waals surface area contributed by atoms with Crippen molar-refractivity contribution >= 4 is 5.82 Å². The molecule has 1 aromatic rings. The van der Waals surface area contributed by atoms with Crippen LogP contribution in [0.2, 0.25) is 0 Å². The predicted octanol–water partition coefficient (Wildman–Crippen LogP) is 2.29. The summed E-state index contributed by atoms with van der Waals surface area (Å²) in [4.78, 5) is 6.48. The Morgan fingerprint density at radius 3 is 2.88 bits per heavy atom. The van der Waals surface area contributed by atoms with E-state index in [1.165, 1.54) is 32.2 Å². The van der Waals surface area contributed by atoms with Crippen molar-refractivity contribution in [2.45, 2.75) is 32.2 Å².